The van der Waals surface area contributed by atoms with E-state index in [4.69, 9.17) is 4.74 Å². The van der Waals surface area contributed by atoms with Gasteiger partial charge in [-0.3, -0.25) is 13.9 Å². The van der Waals surface area contributed by atoms with E-state index in [1.54, 1.807) is 29.2 Å². The summed E-state index contributed by atoms with van der Waals surface area (Å²) in [6.07, 6.45) is 1.21. The van der Waals surface area contributed by atoms with Crippen molar-refractivity contribution in [3.05, 3.63) is 29.8 Å². The molecule has 1 atom stereocenters. The Morgan fingerprint density at radius 3 is 2.83 bits per heavy atom. The van der Waals surface area contributed by atoms with Gasteiger partial charge in [0.25, 0.3) is 5.91 Å². The number of hydrogen-bond donors (Lipinski definition) is 1. The van der Waals surface area contributed by atoms with Gasteiger partial charge in [0.2, 0.25) is 15.9 Å². The van der Waals surface area contributed by atoms with Crippen LogP contribution in [0.3, 0.4) is 0 Å². The summed E-state index contributed by atoms with van der Waals surface area (Å²) < 4.78 is 31.5. The van der Waals surface area contributed by atoms with Gasteiger partial charge < -0.3 is 15.0 Å². The lowest BCUT2D eigenvalue weighted by Crippen LogP contribution is -2.51. The third kappa shape index (κ3) is 5.48. The van der Waals surface area contributed by atoms with Crippen LogP contribution in [0.1, 0.15) is 37.0 Å². The number of benzene rings is 1. The number of rotatable bonds is 6. The number of morpholine rings is 1. The molecule has 2 aliphatic rings. The molecule has 0 aromatic heterocycles. The molecule has 2 amide bonds. The Hall–Kier alpha value is -2.13. The maximum absolute atomic E-state index is 12.6. The molecule has 2 fully saturated rings. The average molecular weight is 424 g/mol. The predicted molar refractivity (Wildman–Crippen MR) is 110 cm³/mol. The molecule has 0 bridgehead atoms. The molecule has 0 spiro atoms. The molecule has 0 saturated carbocycles. The number of carbonyl (C=O) groups excluding carboxylic acids is 2. The van der Waals surface area contributed by atoms with Crippen molar-refractivity contribution in [2.75, 3.05) is 42.8 Å². The smallest absolute Gasteiger partial charge is 0.251 e. The fraction of sp³-hybridized carbons (Fsp3) is 0.600. The van der Waals surface area contributed by atoms with E-state index in [-0.39, 0.29) is 36.8 Å². The van der Waals surface area contributed by atoms with Gasteiger partial charge in [-0.25, -0.2) is 8.42 Å². The molecule has 160 valence electrons. The van der Waals surface area contributed by atoms with Gasteiger partial charge in [0, 0.05) is 31.7 Å². The fourth-order valence-electron chi connectivity index (χ4n) is 3.61. The Bertz CT molecular complexity index is 855. The monoisotopic (exact) mass is 423 g/mol. The van der Waals surface area contributed by atoms with Crippen LogP contribution in [0.15, 0.2) is 24.3 Å². The summed E-state index contributed by atoms with van der Waals surface area (Å²) in [7, 11) is -3.33. The number of sulfonamides is 1. The van der Waals surface area contributed by atoms with Gasteiger partial charge in [-0.15, -0.1) is 0 Å². The highest BCUT2D eigenvalue weighted by molar-refractivity contribution is 7.92. The molecule has 0 radical (unpaired) electrons. The molecular formula is C20H29N3O5S. The van der Waals surface area contributed by atoms with Crippen LogP contribution in [0.25, 0.3) is 0 Å². The zero-order valence-electron chi connectivity index (χ0n) is 17.0. The molecule has 8 nitrogen and oxygen atoms in total. The molecule has 3 rings (SSSR count). The van der Waals surface area contributed by atoms with Crippen LogP contribution >= 0.6 is 0 Å². The van der Waals surface area contributed by atoms with E-state index < -0.39 is 10.0 Å². The van der Waals surface area contributed by atoms with E-state index in [0.29, 0.717) is 43.2 Å². The van der Waals surface area contributed by atoms with Gasteiger partial charge in [0.1, 0.15) is 6.61 Å². The van der Waals surface area contributed by atoms with Crippen LogP contribution in [-0.2, 0) is 19.6 Å². The number of nitrogens with one attached hydrogen (secondary N) is 1. The summed E-state index contributed by atoms with van der Waals surface area (Å²) in [4.78, 5) is 26.3. The lowest BCUT2D eigenvalue weighted by Gasteiger charge is -2.33. The Kier molecular flexibility index (Phi) is 6.79. The molecule has 2 saturated heterocycles. The molecule has 1 aromatic carbocycles. The molecule has 1 N–H and O–H groups in total. The number of hydrogen-bond acceptors (Lipinski definition) is 5. The van der Waals surface area contributed by atoms with Crippen LogP contribution < -0.4 is 9.62 Å². The zero-order chi connectivity index (χ0) is 21.0. The highest BCUT2D eigenvalue weighted by atomic mass is 32.2. The quantitative estimate of drug-likeness (QED) is 0.742. The number of carbonyl (C=O) groups is 2. The average Bonchev–Trinajstić information content (AvgIpc) is 2.67. The summed E-state index contributed by atoms with van der Waals surface area (Å²) in [6.45, 7) is 5.96. The SMILES string of the molecule is CC(C)CN1CC(CNC(=O)c2cccc(N3CCCCS3(=O)=O)c2)OCC1=O. The van der Waals surface area contributed by atoms with Crippen molar-refractivity contribution in [1.29, 1.82) is 0 Å². The minimum Gasteiger partial charge on any atom is -0.365 e. The third-order valence-electron chi connectivity index (χ3n) is 5.04. The lowest BCUT2D eigenvalue weighted by molar-refractivity contribution is -0.149. The van der Waals surface area contributed by atoms with E-state index in [0.717, 1.165) is 6.42 Å². The number of ether oxygens (including phenoxy) is 1. The Balaban J connectivity index is 1.61. The second kappa shape index (κ2) is 9.13. The Morgan fingerprint density at radius 1 is 1.31 bits per heavy atom. The summed E-state index contributed by atoms with van der Waals surface area (Å²) >= 11 is 0. The lowest BCUT2D eigenvalue weighted by atomic mass is 10.1. The molecule has 2 heterocycles. The van der Waals surface area contributed by atoms with Crippen molar-refractivity contribution in [1.82, 2.24) is 10.2 Å². The number of anilines is 1. The van der Waals surface area contributed by atoms with Crippen molar-refractivity contribution >= 4 is 27.5 Å². The Labute approximate surface area is 172 Å². The molecule has 1 unspecified atom stereocenters. The first-order valence-electron chi connectivity index (χ1n) is 10.0. The van der Waals surface area contributed by atoms with Crippen molar-refractivity contribution < 1.29 is 22.7 Å². The van der Waals surface area contributed by atoms with Crippen molar-refractivity contribution in [3.63, 3.8) is 0 Å². The first kappa shape index (κ1) is 21.6. The summed E-state index contributed by atoms with van der Waals surface area (Å²) in [6, 6.07) is 6.66. The largest absolute Gasteiger partial charge is 0.365 e. The van der Waals surface area contributed by atoms with Crippen LogP contribution in [0, 0.1) is 5.92 Å². The van der Waals surface area contributed by atoms with E-state index in [1.807, 2.05) is 0 Å². The van der Waals surface area contributed by atoms with Gasteiger partial charge in [0.15, 0.2) is 0 Å². The van der Waals surface area contributed by atoms with Crippen molar-refractivity contribution in [2.45, 2.75) is 32.8 Å². The van der Waals surface area contributed by atoms with Crippen molar-refractivity contribution in [2.24, 2.45) is 5.92 Å². The molecular weight excluding hydrogens is 394 g/mol. The summed E-state index contributed by atoms with van der Waals surface area (Å²) in [5.74, 6) is 0.170. The highest BCUT2D eigenvalue weighted by Gasteiger charge is 2.28. The first-order valence-corrected chi connectivity index (χ1v) is 11.7. The predicted octanol–water partition coefficient (Wildman–Crippen LogP) is 1.23. The third-order valence-corrected chi connectivity index (χ3v) is 6.91. The number of nitrogens with zero attached hydrogens (tertiary/aromatic N) is 2. The zero-order valence-corrected chi connectivity index (χ0v) is 17.8. The molecule has 0 aliphatic carbocycles. The van der Waals surface area contributed by atoms with E-state index >= 15 is 0 Å². The molecule has 9 heteroatoms. The number of amides is 2. The fourth-order valence-corrected chi connectivity index (χ4v) is 5.24. The van der Waals surface area contributed by atoms with Crippen molar-refractivity contribution in [3.8, 4) is 0 Å². The van der Waals surface area contributed by atoms with E-state index in [2.05, 4.69) is 19.2 Å². The topological polar surface area (TPSA) is 96.0 Å². The maximum Gasteiger partial charge on any atom is 0.251 e. The minimum absolute atomic E-state index is 0.0234. The van der Waals surface area contributed by atoms with Gasteiger partial charge in [-0.05, 0) is 37.0 Å². The first-order chi connectivity index (χ1) is 13.8. The normalized spacial score (nSPS) is 22.0. The van der Waals surface area contributed by atoms with Crippen LogP contribution in [0.4, 0.5) is 5.69 Å². The maximum atomic E-state index is 12.6. The van der Waals surface area contributed by atoms with E-state index in [1.165, 1.54) is 4.31 Å². The van der Waals surface area contributed by atoms with E-state index in [9.17, 15) is 18.0 Å². The van der Waals surface area contributed by atoms with Crippen LogP contribution in [0.2, 0.25) is 0 Å². The van der Waals surface area contributed by atoms with Gasteiger partial charge in [0.05, 0.1) is 17.5 Å². The summed E-state index contributed by atoms with van der Waals surface area (Å²) in [5.41, 5.74) is 0.911. The molecule has 2 aliphatic heterocycles. The Morgan fingerprint density at radius 2 is 2.10 bits per heavy atom. The molecule has 29 heavy (non-hydrogen) atoms. The minimum atomic E-state index is -3.33. The van der Waals surface area contributed by atoms with Crippen LogP contribution in [-0.4, -0.2) is 69.8 Å². The standard InChI is InChI=1S/C20H29N3O5S/c1-15(2)12-22-13-18(28-14-19(22)24)11-21-20(25)16-6-5-7-17(10-16)23-8-3-4-9-29(23,26)27/h5-7,10,15,18H,3-4,8-9,11-14H2,1-2H3,(H,21,25). The molecule has 1 aromatic rings. The van der Waals surface area contributed by atoms with Crippen LogP contribution in [0.5, 0.6) is 0 Å². The summed E-state index contributed by atoms with van der Waals surface area (Å²) in [5, 5.41) is 2.84. The van der Waals surface area contributed by atoms with Gasteiger partial charge in [-0.1, -0.05) is 19.9 Å². The second-order valence-corrected chi connectivity index (χ2v) is 9.99. The van der Waals surface area contributed by atoms with Gasteiger partial charge in [-0.2, -0.15) is 0 Å². The van der Waals surface area contributed by atoms with Gasteiger partial charge >= 0.3 is 0 Å². The second-order valence-electron chi connectivity index (χ2n) is 7.98. The highest BCUT2D eigenvalue weighted by Crippen LogP contribution is 2.24.